The van der Waals surface area contributed by atoms with Crippen molar-refractivity contribution in [2.24, 2.45) is 0 Å². The Morgan fingerprint density at radius 1 is 1.75 bits per heavy atom. The molecule has 1 unspecified atom stereocenters. The first kappa shape index (κ1) is 9.37. The fourth-order valence-corrected chi connectivity index (χ4v) is 2.37. The fourth-order valence-electron chi connectivity index (χ4n) is 0.744. The van der Waals surface area contributed by atoms with Gasteiger partial charge in [-0.15, -0.1) is 11.3 Å². The van der Waals surface area contributed by atoms with Gasteiger partial charge in [-0.2, -0.15) is 0 Å². The molecule has 0 aliphatic rings. The van der Waals surface area contributed by atoms with Gasteiger partial charge in [0.05, 0.1) is 6.42 Å². The zero-order chi connectivity index (χ0) is 9.14. The second-order valence-electron chi connectivity index (χ2n) is 2.01. The van der Waals surface area contributed by atoms with Crippen molar-refractivity contribution in [3.8, 4) is 0 Å². The van der Waals surface area contributed by atoms with Gasteiger partial charge in [-0.25, -0.2) is 0 Å². The van der Waals surface area contributed by atoms with Crippen molar-refractivity contribution in [1.82, 2.24) is 0 Å². The molecule has 0 fully saturated rings. The van der Waals surface area contributed by atoms with Gasteiger partial charge in [0.15, 0.2) is 0 Å². The predicted molar refractivity (Wildman–Crippen MR) is 42.8 cm³/mol. The SMILES string of the molecule is O=C(O)Cc1sccc1S(=O)[O-]. The van der Waals surface area contributed by atoms with E-state index in [2.05, 4.69) is 0 Å². The molecule has 6 heteroatoms. The first-order valence-electron chi connectivity index (χ1n) is 2.98. The molecule has 0 aliphatic heterocycles. The first-order valence-corrected chi connectivity index (χ1v) is 4.94. The highest BCUT2D eigenvalue weighted by Crippen LogP contribution is 2.19. The topological polar surface area (TPSA) is 77.4 Å². The molecule has 1 atom stereocenters. The number of carboxylic acid groups (broad SMARTS) is 1. The van der Waals surface area contributed by atoms with E-state index in [1.54, 1.807) is 5.38 Å². The van der Waals surface area contributed by atoms with Crippen LogP contribution in [0.15, 0.2) is 16.3 Å². The van der Waals surface area contributed by atoms with Gasteiger partial charge in [-0.1, -0.05) is 0 Å². The molecule has 66 valence electrons. The highest BCUT2D eigenvalue weighted by molar-refractivity contribution is 7.79. The van der Waals surface area contributed by atoms with Crippen LogP contribution in [-0.2, 0) is 22.3 Å². The molecule has 0 saturated carbocycles. The number of hydrogen-bond acceptors (Lipinski definition) is 4. The average Bonchev–Trinajstić information content (AvgIpc) is 2.33. The molecule has 0 radical (unpaired) electrons. The van der Waals surface area contributed by atoms with E-state index < -0.39 is 17.0 Å². The van der Waals surface area contributed by atoms with E-state index in [9.17, 15) is 13.6 Å². The molecule has 0 spiro atoms. The third-order valence-corrected chi connectivity index (χ3v) is 2.99. The number of rotatable bonds is 3. The van der Waals surface area contributed by atoms with E-state index in [1.807, 2.05) is 0 Å². The minimum absolute atomic E-state index is 0.0856. The van der Waals surface area contributed by atoms with Gasteiger partial charge in [-0.05, 0) is 22.5 Å². The number of aliphatic carboxylic acids is 1. The molecule has 12 heavy (non-hydrogen) atoms. The zero-order valence-electron chi connectivity index (χ0n) is 5.85. The molecule has 1 aromatic heterocycles. The van der Waals surface area contributed by atoms with Gasteiger partial charge in [0.1, 0.15) is 0 Å². The highest BCUT2D eigenvalue weighted by atomic mass is 32.2. The number of hydrogen-bond donors (Lipinski definition) is 1. The molecule has 0 aromatic carbocycles. The number of thiophene rings is 1. The molecular weight excluding hydrogens is 200 g/mol. The van der Waals surface area contributed by atoms with Crippen LogP contribution >= 0.6 is 11.3 Å². The Morgan fingerprint density at radius 3 is 2.92 bits per heavy atom. The van der Waals surface area contributed by atoms with Crippen LogP contribution in [0.5, 0.6) is 0 Å². The van der Waals surface area contributed by atoms with Gasteiger partial charge in [0.2, 0.25) is 0 Å². The molecule has 0 saturated heterocycles. The van der Waals surface area contributed by atoms with Crippen molar-refractivity contribution in [3.05, 3.63) is 16.3 Å². The monoisotopic (exact) mass is 205 g/mol. The Kier molecular flexibility index (Phi) is 2.96. The lowest BCUT2D eigenvalue weighted by atomic mass is 10.3. The molecular formula is C6H5O4S2-. The fraction of sp³-hybridized carbons (Fsp3) is 0.167. The second kappa shape index (κ2) is 3.79. The van der Waals surface area contributed by atoms with Gasteiger partial charge in [0, 0.05) is 9.77 Å². The summed E-state index contributed by atoms with van der Waals surface area (Å²) in [6.45, 7) is 0. The summed E-state index contributed by atoms with van der Waals surface area (Å²) < 4.78 is 21.0. The van der Waals surface area contributed by atoms with Crippen molar-refractivity contribution in [1.29, 1.82) is 0 Å². The molecule has 4 nitrogen and oxygen atoms in total. The standard InChI is InChI=1S/C6H6O4S2/c7-6(8)3-4-5(12(9)10)1-2-11-4/h1-2H,3H2,(H,7,8)(H,9,10)/p-1. The smallest absolute Gasteiger partial charge is 0.308 e. The maximum absolute atomic E-state index is 10.5. The van der Waals surface area contributed by atoms with Crippen molar-refractivity contribution in [3.63, 3.8) is 0 Å². The van der Waals surface area contributed by atoms with E-state index in [4.69, 9.17) is 5.11 Å². The Bertz CT molecular complexity index is 317. The van der Waals surface area contributed by atoms with Gasteiger partial charge >= 0.3 is 5.97 Å². The second-order valence-corrected chi connectivity index (χ2v) is 3.92. The first-order chi connectivity index (χ1) is 5.61. The van der Waals surface area contributed by atoms with Crippen LogP contribution in [0.25, 0.3) is 0 Å². The minimum atomic E-state index is -2.33. The normalized spacial score (nSPS) is 12.8. The Morgan fingerprint density at radius 2 is 2.42 bits per heavy atom. The molecule has 1 rings (SSSR count). The molecule has 0 bridgehead atoms. The summed E-state index contributed by atoms with van der Waals surface area (Å²) >= 11 is -1.20. The number of carboxylic acids is 1. The van der Waals surface area contributed by atoms with Crippen molar-refractivity contribution in [2.45, 2.75) is 11.3 Å². The Labute approximate surface area is 75.1 Å². The summed E-state index contributed by atoms with van der Waals surface area (Å²) in [4.78, 5) is 10.7. The summed E-state index contributed by atoms with van der Waals surface area (Å²) in [6.07, 6.45) is -0.235. The van der Waals surface area contributed by atoms with Crippen LogP contribution in [0.1, 0.15) is 4.88 Å². The van der Waals surface area contributed by atoms with Crippen LogP contribution in [0.3, 0.4) is 0 Å². The van der Waals surface area contributed by atoms with Crippen LogP contribution < -0.4 is 0 Å². The Hall–Kier alpha value is -0.720. The van der Waals surface area contributed by atoms with E-state index >= 15 is 0 Å². The molecule has 1 aromatic rings. The summed E-state index contributed by atoms with van der Waals surface area (Å²) in [5.41, 5.74) is 0. The van der Waals surface area contributed by atoms with Gasteiger partial charge < -0.3 is 9.66 Å². The van der Waals surface area contributed by atoms with E-state index in [0.29, 0.717) is 4.88 Å². The van der Waals surface area contributed by atoms with E-state index in [-0.39, 0.29) is 11.3 Å². The zero-order valence-corrected chi connectivity index (χ0v) is 7.48. The summed E-state index contributed by atoms with van der Waals surface area (Å²) in [6, 6.07) is 1.39. The minimum Gasteiger partial charge on any atom is -0.768 e. The largest absolute Gasteiger partial charge is 0.768 e. The van der Waals surface area contributed by atoms with Crippen molar-refractivity contribution < 1.29 is 18.7 Å². The van der Waals surface area contributed by atoms with Crippen molar-refractivity contribution >= 4 is 28.4 Å². The molecule has 0 aliphatic carbocycles. The summed E-state index contributed by atoms with van der Waals surface area (Å²) in [5.74, 6) is -1.02. The lowest BCUT2D eigenvalue weighted by Gasteiger charge is -2.03. The maximum Gasteiger partial charge on any atom is 0.308 e. The molecule has 1 N–H and O–H groups in total. The van der Waals surface area contributed by atoms with Crippen LogP contribution in [0.4, 0.5) is 0 Å². The lowest BCUT2D eigenvalue weighted by Crippen LogP contribution is -2.01. The highest BCUT2D eigenvalue weighted by Gasteiger charge is 2.08. The lowest BCUT2D eigenvalue weighted by molar-refractivity contribution is -0.136. The van der Waals surface area contributed by atoms with Crippen LogP contribution in [-0.4, -0.2) is 19.8 Å². The summed E-state index contributed by atoms with van der Waals surface area (Å²) in [7, 11) is 0. The predicted octanol–water partition coefficient (Wildman–Crippen LogP) is 0.613. The van der Waals surface area contributed by atoms with Gasteiger partial charge in [0.25, 0.3) is 0 Å². The van der Waals surface area contributed by atoms with E-state index in [1.165, 1.54) is 6.07 Å². The quantitative estimate of drug-likeness (QED) is 0.733. The third-order valence-electron chi connectivity index (χ3n) is 1.20. The molecule has 1 heterocycles. The van der Waals surface area contributed by atoms with E-state index in [0.717, 1.165) is 11.3 Å². The summed E-state index contributed by atoms with van der Waals surface area (Å²) in [5, 5.41) is 9.96. The third kappa shape index (κ3) is 2.13. The maximum atomic E-state index is 10.5. The van der Waals surface area contributed by atoms with Crippen LogP contribution in [0.2, 0.25) is 0 Å². The van der Waals surface area contributed by atoms with Crippen LogP contribution in [0, 0.1) is 0 Å². The van der Waals surface area contributed by atoms with Gasteiger partial charge in [-0.3, -0.25) is 9.00 Å². The average molecular weight is 205 g/mol. The number of carbonyl (C=O) groups is 1. The molecule has 0 amide bonds. The Balaban J connectivity index is 2.91. The van der Waals surface area contributed by atoms with Crippen molar-refractivity contribution in [2.75, 3.05) is 0 Å².